The third-order valence-electron chi connectivity index (χ3n) is 2.89. The van der Waals surface area contributed by atoms with Crippen molar-refractivity contribution in [3.63, 3.8) is 0 Å². The van der Waals surface area contributed by atoms with E-state index in [0.29, 0.717) is 13.0 Å². The Labute approximate surface area is 71.0 Å². The molecular formula is C8H13NO3. The molecule has 2 rings (SSSR count). The van der Waals surface area contributed by atoms with Crippen molar-refractivity contribution in [1.82, 2.24) is 0 Å². The number of carbonyl (C=O) groups is 1. The molecule has 1 aliphatic carbocycles. The van der Waals surface area contributed by atoms with Gasteiger partial charge in [-0.25, -0.2) is 0 Å². The minimum absolute atomic E-state index is 0.0119. The van der Waals surface area contributed by atoms with Gasteiger partial charge in [-0.3, -0.25) is 4.79 Å². The highest BCUT2D eigenvalue weighted by atomic mass is 16.5. The summed E-state index contributed by atoms with van der Waals surface area (Å²) in [5.41, 5.74) is 5.35. The second kappa shape index (κ2) is 2.44. The number of hydrogen-bond acceptors (Lipinski definition) is 4. The third-order valence-corrected chi connectivity index (χ3v) is 2.89. The molecule has 1 aliphatic heterocycles. The SMILES string of the molecule is COC(=O)[C@]12CO[C@H](C1)[C@H](N)C2. The van der Waals surface area contributed by atoms with Crippen LogP contribution in [-0.2, 0) is 14.3 Å². The molecule has 4 nitrogen and oxygen atoms in total. The summed E-state index contributed by atoms with van der Waals surface area (Å²) in [5, 5.41) is 0. The highest BCUT2D eigenvalue weighted by Crippen LogP contribution is 2.46. The van der Waals surface area contributed by atoms with Crippen molar-refractivity contribution < 1.29 is 14.3 Å². The predicted octanol–water partition coefficient (Wildman–Crippen LogP) is -0.334. The average molecular weight is 171 g/mol. The van der Waals surface area contributed by atoms with E-state index in [1.165, 1.54) is 7.11 Å². The van der Waals surface area contributed by atoms with Crippen molar-refractivity contribution in [3.05, 3.63) is 0 Å². The van der Waals surface area contributed by atoms with E-state index in [0.717, 1.165) is 6.42 Å². The summed E-state index contributed by atoms with van der Waals surface area (Å²) in [5.74, 6) is -0.169. The van der Waals surface area contributed by atoms with Crippen LogP contribution in [-0.4, -0.2) is 31.8 Å². The zero-order chi connectivity index (χ0) is 8.77. The van der Waals surface area contributed by atoms with Gasteiger partial charge in [-0.1, -0.05) is 0 Å². The molecule has 0 spiro atoms. The smallest absolute Gasteiger partial charge is 0.314 e. The molecule has 0 amide bonds. The Balaban J connectivity index is 2.18. The summed E-state index contributed by atoms with van der Waals surface area (Å²) < 4.78 is 10.1. The minimum atomic E-state index is -0.418. The van der Waals surface area contributed by atoms with Crippen LogP contribution in [0.2, 0.25) is 0 Å². The topological polar surface area (TPSA) is 61.5 Å². The quantitative estimate of drug-likeness (QED) is 0.548. The molecule has 0 unspecified atom stereocenters. The fourth-order valence-electron chi connectivity index (χ4n) is 2.21. The van der Waals surface area contributed by atoms with Crippen LogP contribution in [0.3, 0.4) is 0 Å². The molecule has 2 bridgehead atoms. The lowest BCUT2D eigenvalue weighted by Crippen LogP contribution is -2.39. The Morgan fingerprint density at radius 3 is 2.83 bits per heavy atom. The fraction of sp³-hybridized carbons (Fsp3) is 0.875. The monoisotopic (exact) mass is 171 g/mol. The summed E-state index contributed by atoms with van der Waals surface area (Å²) in [7, 11) is 1.41. The van der Waals surface area contributed by atoms with Gasteiger partial charge in [0.15, 0.2) is 0 Å². The van der Waals surface area contributed by atoms with E-state index in [1.54, 1.807) is 0 Å². The van der Waals surface area contributed by atoms with E-state index in [2.05, 4.69) is 0 Å². The third kappa shape index (κ3) is 0.881. The van der Waals surface area contributed by atoms with E-state index >= 15 is 0 Å². The summed E-state index contributed by atoms with van der Waals surface area (Å²) in [6.45, 7) is 0.484. The Hall–Kier alpha value is -0.610. The minimum Gasteiger partial charge on any atom is -0.469 e. The maximum atomic E-state index is 11.4. The molecule has 12 heavy (non-hydrogen) atoms. The number of methoxy groups -OCH3 is 1. The molecule has 3 atom stereocenters. The van der Waals surface area contributed by atoms with E-state index < -0.39 is 5.41 Å². The van der Waals surface area contributed by atoms with Gasteiger partial charge >= 0.3 is 5.97 Å². The zero-order valence-corrected chi connectivity index (χ0v) is 7.08. The molecule has 0 aromatic heterocycles. The summed E-state index contributed by atoms with van der Waals surface area (Å²) >= 11 is 0. The predicted molar refractivity (Wildman–Crippen MR) is 41.4 cm³/mol. The van der Waals surface area contributed by atoms with Crippen LogP contribution in [0.1, 0.15) is 12.8 Å². The van der Waals surface area contributed by atoms with Gasteiger partial charge in [0, 0.05) is 6.04 Å². The number of hydrogen-bond donors (Lipinski definition) is 1. The average Bonchev–Trinajstić information content (AvgIpc) is 2.60. The normalized spacial score (nSPS) is 44.8. The molecule has 4 heteroatoms. The number of rotatable bonds is 1. The first kappa shape index (κ1) is 8.01. The highest BCUT2D eigenvalue weighted by molar-refractivity contribution is 5.78. The molecule has 2 N–H and O–H groups in total. The molecule has 0 radical (unpaired) electrons. The molecular weight excluding hydrogens is 158 g/mol. The number of esters is 1. The van der Waals surface area contributed by atoms with Crippen molar-refractivity contribution in [2.75, 3.05) is 13.7 Å². The second-order valence-corrected chi connectivity index (χ2v) is 3.69. The van der Waals surface area contributed by atoms with Gasteiger partial charge in [0.2, 0.25) is 0 Å². The van der Waals surface area contributed by atoms with Crippen LogP contribution < -0.4 is 5.73 Å². The molecule has 68 valence electrons. The maximum Gasteiger partial charge on any atom is 0.314 e. The van der Waals surface area contributed by atoms with E-state index in [1.807, 2.05) is 0 Å². The van der Waals surface area contributed by atoms with Crippen LogP contribution in [0, 0.1) is 5.41 Å². The number of nitrogens with two attached hydrogens (primary N) is 1. The van der Waals surface area contributed by atoms with Crippen molar-refractivity contribution in [2.45, 2.75) is 25.0 Å². The van der Waals surface area contributed by atoms with E-state index in [-0.39, 0.29) is 18.1 Å². The van der Waals surface area contributed by atoms with Gasteiger partial charge in [-0.15, -0.1) is 0 Å². The lowest BCUT2D eigenvalue weighted by Gasteiger charge is -2.25. The molecule has 2 fully saturated rings. The van der Waals surface area contributed by atoms with Crippen molar-refractivity contribution in [1.29, 1.82) is 0 Å². The van der Waals surface area contributed by atoms with Crippen molar-refractivity contribution in [3.8, 4) is 0 Å². The van der Waals surface area contributed by atoms with Crippen LogP contribution in [0.25, 0.3) is 0 Å². The maximum absolute atomic E-state index is 11.4. The molecule has 1 heterocycles. The van der Waals surface area contributed by atoms with Crippen LogP contribution >= 0.6 is 0 Å². The van der Waals surface area contributed by atoms with Gasteiger partial charge in [0.1, 0.15) is 0 Å². The lowest BCUT2D eigenvalue weighted by atomic mass is 9.88. The first-order chi connectivity index (χ1) is 5.68. The molecule has 0 aromatic rings. The zero-order valence-electron chi connectivity index (χ0n) is 7.08. The van der Waals surface area contributed by atoms with Crippen molar-refractivity contribution >= 4 is 5.97 Å². The van der Waals surface area contributed by atoms with Gasteiger partial charge < -0.3 is 15.2 Å². The van der Waals surface area contributed by atoms with Gasteiger partial charge in [-0.05, 0) is 12.8 Å². The first-order valence-corrected chi connectivity index (χ1v) is 4.13. The largest absolute Gasteiger partial charge is 0.469 e. The van der Waals surface area contributed by atoms with Crippen LogP contribution in [0.5, 0.6) is 0 Å². The van der Waals surface area contributed by atoms with E-state index in [4.69, 9.17) is 15.2 Å². The highest BCUT2D eigenvalue weighted by Gasteiger charge is 2.56. The Bertz CT molecular complexity index is 214. The summed E-state index contributed by atoms with van der Waals surface area (Å²) in [4.78, 5) is 11.4. The Morgan fingerprint density at radius 1 is 1.67 bits per heavy atom. The molecule has 0 aromatic carbocycles. The van der Waals surface area contributed by atoms with Gasteiger partial charge in [0.25, 0.3) is 0 Å². The molecule has 2 aliphatic rings. The standard InChI is InChI=1S/C8H13NO3/c1-11-7(10)8-2-5(9)6(3-8)12-4-8/h5-6H,2-4,9H2,1H3/t5-,6-,8+/m1/s1. The van der Waals surface area contributed by atoms with E-state index in [9.17, 15) is 4.79 Å². The number of fused-ring (bicyclic) bond motifs is 2. The summed E-state index contributed by atoms with van der Waals surface area (Å²) in [6, 6.07) is 0.0119. The van der Waals surface area contributed by atoms with Crippen LogP contribution in [0.4, 0.5) is 0 Å². The summed E-state index contributed by atoms with van der Waals surface area (Å²) in [6.07, 6.45) is 1.52. The number of ether oxygens (including phenoxy) is 2. The lowest BCUT2D eigenvalue weighted by molar-refractivity contribution is -0.154. The molecule has 1 saturated heterocycles. The van der Waals surface area contributed by atoms with Crippen molar-refractivity contribution in [2.24, 2.45) is 11.1 Å². The fourth-order valence-corrected chi connectivity index (χ4v) is 2.21. The second-order valence-electron chi connectivity index (χ2n) is 3.69. The van der Waals surface area contributed by atoms with Gasteiger partial charge in [-0.2, -0.15) is 0 Å². The van der Waals surface area contributed by atoms with Gasteiger partial charge in [0.05, 0.1) is 25.2 Å². The first-order valence-electron chi connectivity index (χ1n) is 4.13. The Morgan fingerprint density at radius 2 is 2.42 bits per heavy atom. The number of carbonyl (C=O) groups excluding carboxylic acids is 1. The Kier molecular flexibility index (Phi) is 1.63. The van der Waals surface area contributed by atoms with Crippen LogP contribution in [0.15, 0.2) is 0 Å². The molecule has 1 saturated carbocycles.